The zero-order chi connectivity index (χ0) is 8.53. The van der Waals surface area contributed by atoms with E-state index < -0.39 is 0 Å². The minimum absolute atomic E-state index is 0.707. The molecule has 0 aliphatic heterocycles. The largest absolute Gasteiger partial charge is 0.379 e. The van der Waals surface area contributed by atoms with Crippen LogP contribution in [-0.2, 0) is 4.74 Å². The predicted octanol–water partition coefficient (Wildman–Crippen LogP) is 1.54. The highest BCUT2D eigenvalue weighted by Gasteiger charge is 1.96. The van der Waals surface area contributed by atoms with Gasteiger partial charge < -0.3 is 9.64 Å². The van der Waals surface area contributed by atoms with E-state index in [0.29, 0.717) is 5.75 Å². The zero-order valence-corrected chi connectivity index (χ0v) is 8.32. The lowest BCUT2D eigenvalue weighted by Crippen LogP contribution is -2.27. The first-order valence-corrected chi connectivity index (χ1v) is 4.81. The van der Waals surface area contributed by atoms with E-state index >= 15 is 0 Å². The molecule has 0 rings (SSSR count). The van der Waals surface area contributed by atoms with Crippen molar-refractivity contribution in [2.24, 2.45) is 0 Å². The molecule has 1 radical (unpaired) electrons. The van der Waals surface area contributed by atoms with Gasteiger partial charge in [-0.3, -0.25) is 0 Å². The van der Waals surface area contributed by atoms with Gasteiger partial charge in [0.15, 0.2) is 0 Å². The average Bonchev–Trinajstić information content (AvgIpc) is 2.05. The quantitative estimate of drug-likeness (QED) is 0.546. The molecule has 0 aliphatic rings. The van der Waals surface area contributed by atoms with Crippen molar-refractivity contribution in [2.45, 2.75) is 13.8 Å². The monoisotopic (exact) mass is 176 g/mol. The highest BCUT2D eigenvalue weighted by Crippen LogP contribution is 1.87. The van der Waals surface area contributed by atoms with Gasteiger partial charge in [-0.2, -0.15) is 0 Å². The first kappa shape index (κ1) is 11.3. The Kier molecular flexibility index (Phi) is 8.57. The third-order valence-corrected chi connectivity index (χ3v) is 1.84. The third kappa shape index (κ3) is 6.66. The Hall–Kier alpha value is 0.270. The van der Waals surface area contributed by atoms with Gasteiger partial charge in [0, 0.05) is 12.3 Å². The number of hydrogen-bond acceptors (Lipinski definition) is 2. The van der Waals surface area contributed by atoms with Crippen molar-refractivity contribution in [1.29, 1.82) is 0 Å². The maximum absolute atomic E-state index is 5.27. The van der Waals surface area contributed by atoms with Gasteiger partial charge in [0.25, 0.3) is 0 Å². The van der Waals surface area contributed by atoms with Gasteiger partial charge in [0.1, 0.15) is 0 Å². The van der Waals surface area contributed by atoms with E-state index in [1.54, 1.807) is 0 Å². The number of hydrogen-bond donors (Lipinski definition) is 0. The van der Waals surface area contributed by atoms with Crippen LogP contribution in [-0.4, -0.2) is 43.5 Å². The molecule has 2 nitrogen and oxygen atoms in total. The maximum Gasteiger partial charge on any atom is 0.0593 e. The molecule has 11 heavy (non-hydrogen) atoms. The minimum atomic E-state index is 0.707. The van der Waals surface area contributed by atoms with Crippen molar-refractivity contribution < 1.29 is 4.74 Å². The molecule has 67 valence electrons. The Morgan fingerprint density at radius 3 is 2.27 bits per heavy atom. The van der Waals surface area contributed by atoms with Crippen molar-refractivity contribution in [3.63, 3.8) is 0 Å². The summed E-state index contributed by atoms with van der Waals surface area (Å²) in [5.74, 6) is 0.707. The highest BCUT2D eigenvalue weighted by molar-refractivity contribution is 7.80. The molecule has 0 aromatic heterocycles. The molecule has 0 amide bonds. The fourth-order valence-electron chi connectivity index (χ4n) is 0.894. The van der Waals surface area contributed by atoms with E-state index in [-0.39, 0.29) is 0 Å². The van der Waals surface area contributed by atoms with Crippen molar-refractivity contribution in [3.05, 3.63) is 0 Å². The summed E-state index contributed by atoms with van der Waals surface area (Å²) in [7, 11) is 0. The van der Waals surface area contributed by atoms with Crippen molar-refractivity contribution in [3.8, 4) is 0 Å². The van der Waals surface area contributed by atoms with Crippen LogP contribution in [0.3, 0.4) is 0 Å². The van der Waals surface area contributed by atoms with Crippen LogP contribution in [0, 0.1) is 0 Å². The Morgan fingerprint density at radius 1 is 1.18 bits per heavy atom. The second-order valence-electron chi connectivity index (χ2n) is 2.34. The molecule has 0 saturated heterocycles. The fraction of sp³-hybridized carbons (Fsp3) is 1.00. The van der Waals surface area contributed by atoms with E-state index in [0.717, 1.165) is 32.8 Å². The summed E-state index contributed by atoms with van der Waals surface area (Å²) >= 11 is 4.75. The van der Waals surface area contributed by atoms with Gasteiger partial charge in [-0.05, 0) is 13.1 Å². The molecule has 0 saturated carbocycles. The summed E-state index contributed by atoms with van der Waals surface area (Å²) in [5.41, 5.74) is 0. The van der Waals surface area contributed by atoms with Gasteiger partial charge in [-0.15, -0.1) is 0 Å². The molecule has 0 spiro atoms. The molecular weight excluding hydrogens is 158 g/mol. The van der Waals surface area contributed by atoms with E-state index in [1.165, 1.54) is 0 Å². The first-order valence-electron chi connectivity index (χ1n) is 4.23. The van der Waals surface area contributed by atoms with Crippen molar-refractivity contribution in [1.82, 2.24) is 4.90 Å². The topological polar surface area (TPSA) is 12.5 Å². The van der Waals surface area contributed by atoms with E-state index in [9.17, 15) is 0 Å². The molecule has 0 heterocycles. The van der Waals surface area contributed by atoms with Crippen molar-refractivity contribution in [2.75, 3.05) is 38.6 Å². The second kappa shape index (κ2) is 8.37. The number of nitrogens with zero attached hydrogens (tertiary/aromatic N) is 1. The summed E-state index contributed by atoms with van der Waals surface area (Å²) in [6, 6.07) is 0. The molecular formula is C8H18NOS. The number of likely N-dealkylation sites (N-methyl/N-ethyl adjacent to an activating group) is 1. The number of ether oxygens (including phenoxy) is 1. The fourth-order valence-corrected chi connectivity index (χ4v) is 1.01. The van der Waals surface area contributed by atoms with Crippen molar-refractivity contribution >= 4 is 12.6 Å². The Bertz CT molecular complexity index is 76.5. The predicted molar refractivity (Wildman–Crippen MR) is 51.1 cm³/mol. The van der Waals surface area contributed by atoms with Crippen LogP contribution in [0.1, 0.15) is 13.8 Å². The normalized spacial score (nSPS) is 10.9. The van der Waals surface area contributed by atoms with Gasteiger partial charge in [0.2, 0.25) is 0 Å². The molecule has 0 aromatic carbocycles. The molecule has 0 aliphatic carbocycles. The summed E-state index contributed by atoms with van der Waals surface area (Å²) < 4.78 is 5.27. The molecule has 0 unspecified atom stereocenters. The van der Waals surface area contributed by atoms with Gasteiger partial charge >= 0.3 is 0 Å². The van der Waals surface area contributed by atoms with Crippen LogP contribution in [0.2, 0.25) is 0 Å². The lowest BCUT2D eigenvalue weighted by Gasteiger charge is -2.17. The maximum atomic E-state index is 5.27. The number of rotatable bonds is 7. The van der Waals surface area contributed by atoms with Gasteiger partial charge in [-0.25, -0.2) is 0 Å². The van der Waals surface area contributed by atoms with Gasteiger partial charge in [-0.1, -0.05) is 26.5 Å². The van der Waals surface area contributed by atoms with Crippen LogP contribution in [0.25, 0.3) is 0 Å². The van der Waals surface area contributed by atoms with Crippen LogP contribution in [0.15, 0.2) is 0 Å². The van der Waals surface area contributed by atoms with E-state index in [2.05, 4.69) is 18.7 Å². The summed E-state index contributed by atoms with van der Waals surface area (Å²) in [6.45, 7) is 9.10. The molecule has 0 bridgehead atoms. The first-order chi connectivity index (χ1) is 5.35. The van der Waals surface area contributed by atoms with Crippen LogP contribution < -0.4 is 0 Å². The Balaban J connectivity index is 3.07. The SMILES string of the molecule is CCN(CC)CCOCC[S]. The molecule has 0 atom stereocenters. The van der Waals surface area contributed by atoms with E-state index in [1.807, 2.05) is 0 Å². The third-order valence-electron chi connectivity index (χ3n) is 1.67. The molecule has 0 N–H and O–H groups in total. The van der Waals surface area contributed by atoms with E-state index in [4.69, 9.17) is 17.4 Å². The zero-order valence-electron chi connectivity index (χ0n) is 7.51. The van der Waals surface area contributed by atoms with Crippen LogP contribution in [0.4, 0.5) is 0 Å². The van der Waals surface area contributed by atoms with Crippen LogP contribution in [0.5, 0.6) is 0 Å². The smallest absolute Gasteiger partial charge is 0.0593 e. The average molecular weight is 176 g/mol. The Labute approximate surface area is 75.3 Å². The summed E-state index contributed by atoms with van der Waals surface area (Å²) in [4.78, 5) is 2.34. The molecule has 3 heteroatoms. The summed E-state index contributed by atoms with van der Waals surface area (Å²) in [5, 5.41) is 0. The standard InChI is InChI=1S/C8H18NOS/c1-3-9(4-2)5-6-10-7-8-11/h3-8H2,1-2H3. The van der Waals surface area contributed by atoms with Crippen LogP contribution >= 0.6 is 12.6 Å². The molecule has 0 aromatic rings. The lowest BCUT2D eigenvalue weighted by atomic mass is 10.5. The lowest BCUT2D eigenvalue weighted by molar-refractivity contribution is 0.119. The second-order valence-corrected chi connectivity index (χ2v) is 2.75. The minimum Gasteiger partial charge on any atom is -0.379 e. The molecule has 0 fully saturated rings. The summed E-state index contributed by atoms with van der Waals surface area (Å²) in [6.07, 6.45) is 0. The van der Waals surface area contributed by atoms with Gasteiger partial charge in [0.05, 0.1) is 13.2 Å². The Morgan fingerprint density at radius 2 is 1.82 bits per heavy atom. The highest BCUT2D eigenvalue weighted by atomic mass is 32.1.